The predicted octanol–water partition coefficient (Wildman–Crippen LogP) is 3.25. The number of thiazole rings is 1. The van der Waals surface area contributed by atoms with Crippen molar-refractivity contribution in [2.24, 2.45) is 5.92 Å². The van der Waals surface area contributed by atoms with Crippen molar-refractivity contribution in [2.45, 2.75) is 13.3 Å². The third-order valence-electron chi connectivity index (χ3n) is 4.80. The number of ether oxygens (including phenoxy) is 1. The Hall–Kier alpha value is -3.46. The van der Waals surface area contributed by atoms with Crippen LogP contribution in [0, 0.1) is 5.92 Å². The van der Waals surface area contributed by atoms with Gasteiger partial charge in [0.25, 0.3) is 0 Å². The zero-order valence-electron chi connectivity index (χ0n) is 16.5. The number of hydrogen-bond donors (Lipinski definition) is 2. The number of carbonyl (C=O) groups excluding carboxylic acids is 3. The lowest BCUT2D eigenvalue weighted by atomic mass is 10.1. The van der Waals surface area contributed by atoms with E-state index in [0.29, 0.717) is 16.5 Å². The van der Waals surface area contributed by atoms with E-state index < -0.39 is 5.92 Å². The Morgan fingerprint density at radius 3 is 2.80 bits per heavy atom. The Balaban J connectivity index is 1.46. The van der Waals surface area contributed by atoms with Gasteiger partial charge in [0.15, 0.2) is 5.13 Å². The second-order valence-electron chi connectivity index (χ2n) is 6.98. The van der Waals surface area contributed by atoms with E-state index in [1.54, 1.807) is 36.3 Å². The summed E-state index contributed by atoms with van der Waals surface area (Å²) in [6, 6.07) is 12.5. The van der Waals surface area contributed by atoms with Crippen molar-refractivity contribution in [3.63, 3.8) is 0 Å². The molecule has 0 saturated carbocycles. The summed E-state index contributed by atoms with van der Waals surface area (Å²) >= 11 is 1.36. The predicted molar refractivity (Wildman–Crippen MR) is 116 cm³/mol. The number of nitrogens with one attached hydrogen (secondary N) is 2. The number of rotatable bonds is 5. The van der Waals surface area contributed by atoms with Crippen molar-refractivity contribution < 1.29 is 19.1 Å². The largest absolute Gasteiger partial charge is 0.497 e. The molecule has 2 aromatic carbocycles. The fraction of sp³-hybridized carbons (Fsp3) is 0.238. The molecule has 1 aliphatic rings. The topological polar surface area (TPSA) is 101 Å². The molecule has 1 unspecified atom stereocenters. The normalized spacial score (nSPS) is 16.0. The molecule has 1 fully saturated rings. The molecule has 0 bridgehead atoms. The fourth-order valence-corrected chi connectivity index (χ4v) is 4.28. The average Bonchev–Trinajstić information content (AvgIpc) is 3.29. The summed E-state index contributed by atoms with van der Waals surface area (Å²) in [5, 5.41) is 6.02. The number of anilines is 3. The maximum atomic E-state index is 12.7. The SMILES string of the molecule is COc1ccc2nc(NC(=O)C3CC(=O)N(c4cccc(NC(C)=O)c4)C3)sc2c1. The molecular weight excluding hydrogens is 404 g/mol. The molecule has 3 aromatic rings. The summed E-state index contributed by atoms with van der Waals surface area (Å²) in [6.07, 6.45) is 0.120. The number of amides is 3. The van der Waals surface area contributed by atoms with Gasteiger partial charge in [0.2, 0.25) is 17.7 Å². The van der Waals surface area contributed by atoms with Gasteiger partial charge in [0.05, 0.1) is 23.2 Å². The molecule has 1 aliphatic heterocycles. The van der Waals surface area contributed by atoms with Crippen molar-refractivity contribution in [2.75, 3.05) is 29.2 Å². The van der Waals surface area contributed by atoms with Crippen LogP contribution in [0.25, 0.3) is 10.2 Å². The molecule has 2 N–H and O–H groups in total. The lowest BCUT2D eigenvalue weighted by molar-refractivity contribution is -0.122. The summed E-state index contributed by atoms with van der Waals surface area (Å²) in [5.74, 6) is -0.323. The molecule has 0 radical (unpaired) electrons. The zero-order chi connectivity index (χ0) is 21.3. The van der Waals surface area contributed by atoms with Gasteiger partial charge in [0.1, 0.15) is 5.75 Å². The molecule has 3 amide bonds. The lowest BCUT2D eigenvalue weighted by Gasteiger charge is -2.17. The van der Waals surface area contributed by atoms with Crippen LogP contribution in [-0.4, -0.2) is 36.4 Å². The highest BCUT2D eigenvalue weighted by Gasteiger charge is 2.35. The lowest BCUT2D eigenvalue weighted by Crippen LogP contribution is -2.28. The Morgan fingerprint density at radius 2 is 2.03 bits per heavy atom. The number of hydrogen-bond acceptors (Lipinski definition) is 6. The second-order valence-corrected chi connectivity index (χ2v) is 8.01. The van der Waals surface area contributed by atoms with E-state index >= 15 is 0 Å². The molecule has 9 heteroatoms. The molecule has 1 aromatic heterocycles. The fourth-order valence-electron chi connectivity index (χ4n) is 3.38. The van der Waals surface area contributed by atoms with Gasteiger partial charge in [-0.3, -0.25) is 14.4 Å². The van der Waals surface area contributed by atoms with Gasteiger partial charge in [-0.05, 0) is 36.4 Å². The van der Waals surface area contributed by atoms with Crippen LogP contribution in [0.1, 0.15) is 13.3 Å². The first-order valence-electron chi connectivity index (χ1n) is 9.36. The van der Waals surface area contributed by atoms with E-state index in [1.807, 2.05) is 18.2 Å². The quantitative estimate of drug-likeness (QED) is 0.655. The number of fused-ring (bicyclic) bond motifs is 1. The molecular formula is C21H20N4O4S. The van der Waals surface area contributed by atoms with Crippen LogP contribution >= 0.6 is 11.3 Å². The first kappa shape index (κ1) is 19.8. The molecule has 1 atom stereocenters. The van der Waals surface area contributed by atoms with Crippen LogP contribution in [0.4, 0.5) is 16.5 Å². The van der Waals surface area contributed by atoms with Crippen molar-refractivity contribution in [1.29, 1.82) is 0 Å². The van der Waals surface area contributed by atoms with Gasteiger partial charge in [-0.15, -0.1) is 0 Å². The first-order valence-corrected chi connectivity index (χ1v) is 10.2. The summed E-state index contributed by atoms with van der Waals surface area (Å²) in [5.41, 5.74) is 2.02. The Bertz CT molecular complexity index is 1140. The van der Waals surface area contributed by atoms with E-state index in [9.17, 15) is 14.4 Å². The minimum Gasteiger partial charge on any atom is -0.497 e. The highest BCUT2D eigenvalue weighted by Crippen LogP contribution is 2.31. The molecule has 2 heterocycles. The van der Waals surface area contributed by atoms with Crippen LogP contribution in [-0.2, 0) is 14.4 Å². The molecule has 8 nitrogen and oxygen atoms in total. The number of nitrogens with zero attached hydrogens (tertiary/aromatic N) is 2. The summed E-state index contributed by atoms with van der Waals surface area (Å²) in [4.78, 5) is 42.5. The third-order valence-corrected chi connectivity index (χ3v) is 5.73. The number of aromatic nitrogens is 1. The number of benzene rings is 2. The zero-order valence-corrected chi connectivity index (χ0v) is 17.3. The van der Waals surface area contributed by atoms with E-state index in [-0.39, 0.29) is 30.7 Å². The van der Waals surface area contributed by atoms with Crippen molar-refractivity contribution in [3.8, 4) is 5.75 Å². The van der Waals surface area contributed by atoms with Crippen molar-refractivity contribution in [3.05, 3.63) is 42.5 Å². The standard InChI is InChI=1S/C21H20N4O4S/c1-12(26)22-14-4-3-5-15(9-14)25-11-13(8-19(25)27)20(28)24-21-23-17-7-6-16(29-2)10-18(17)30-21/h3-7,9-10,13H,8,11H2,1-2H3,(H,22,26)(H,23,24,28). The molecule has 0 spiro atoms. The molecule has 1 saturated heterocycles. The van der Waals surface area contributed by atoms with E-state index in [1.165, 1.54) is 18.3 Å². The molecule has 154 valence electrons. The van der Waals surface area contributed by atoms with Crippen LogP contribution in [0.2, 0.25) is 0 Å². The summed E-state index contributed by atoms with van der Waals surface area (Å²) in [7, 11) is 1.60. The average molecular weight is 424 g/mol. The number of carbonyl (C=O) groups is 3. The maximum absolute atomic E-state index is 12.7. The molecule has 30 heavy (non-hydrogen) atoms. The van der Waals surface area contributed by atoms with E-state index in [4.69, 9.17) is 4.74 Å². The first-order chi connectivity index (χ1) is 14.4. The van der Waals surface area contributed by atoms with Crippen molar-refractivity contribution >= 4 is 55.8 Å². The minimum atomic E-state index is -0.483. The van der Waals surface area contributed by atoms with Crippen LogP contribution in [0.15, 0.2) is 42.5 Å². The highest BCUT2D eigenvalue weighted by atomic mass is 32.1. The van der Waals surface area contributed by atoms with Gasteiger partial charge in [0, 0.05) is 31.3 Å². The Morgan fingerprint density at radius 1 is 1.20 bits per heavy atom. The maximum Gasteiger partial charge on any atom is 0.231 e. The van der Waals surface area contributed by atoms with E-state index in [0.717, 1.165) is 16.0 Å². The van der Waals surface area contributed by atoms with Crippen LogP contribution < -0.4 is 20.3 Å². The number of methoxy groups -OCH3 is 1. The van der Waals surface area contributed by atoms with E-state index in [2.05, 4.69) is 15.6 Å². The summed E-state index contributed by atoms with van der Waals surface area (Å²) < 4.78 is 6.12. The smallest absolute Gasteiger partial charge is 0.231 e. The van der Waals surface area contributed by atoms with Gasteiger partial charge in [-0.25, -0.2) is 4.98 Å². The van der Waals surface area contributed by atoms with Crippen LogP contribution in [0.5, 0.6) is 5.75 Å². The van der Waals surface area contributed by atoms with Gasteiger partial charge >= 0.3 is 0 Å². The molecule has 0 aliphatic carbocycles. The van der Waals surface area contributed by atoms with Crippen LogP contribution in [0.3, 0.4) is 0 Å². The monoisotopic (exact) mass is 424 g/mol. The summed E-state index contributed by atoms with van der Waals surface area (Å²) in [6.45, 7) is 1.69. The third kappa shape index (κ3) is 4.11. The Kier molecular flexibility index (Phi) is 5.37. The highest BCUT2D eigenvalue weighted by molar-refractivity contribution is 7.22. The minimum absolute atomic E-state index is 0.120. The molecule has 4 rings (SSSR count). The Labute approximate surface area is 176 Å². The second kappa shape index (κ2) is 8.11. The van der Waals surface area contributed by atoms with Gasteiger partial charge in [-0.2, -0.15) is 0 Å². The van der Waals surface area contributed by atoms with Gasteiger partial charge in [-0.1, -0.05) is 17.4 Å². The van der Waals surface area contributed by atoms with Crippen molar-refractivity contribution in [1.82, 2.24) is 4.98 Å². The van der Waals surface area contributed by atoms with Gasteiger partial charge < -0.3 is 20.3 Å².